The first-order valence-electron chi connectivity index (χ1n) is 9.93. The Morgan fingerprint density at radius 2 is 1.67 bits per heavy atom. The van der Waals surface area contributed by atoms with Crippen LogP contribution in [0.2, 0.25) is 0 Å². The van der Waals surface area contributed by atoms with Crippen molar-refractivity contribution in [3.63, 3.8) is 0 Å². The molecule has 0 radical (unpaired) electrons. The summed E-state index contributed by atoms with van der Waals surface area (Å²) in [4.78, 5) is 12.9. The van der Waals surface area contributed by atoms with Crippen LogP contribution in [-0.2, 0) is 12.0 Å². The topological polar surface area (TPSA) is 20.9 Å². The summed E-state index contributed by atoms with van der Waals surface area (Å²) in [5, 5.41) is 0. The molecular weight excluding hydrogens is 330 g/mol. The molecule has 0 fully saturated rings. The molecule has 27 heavy (non-hydrogen) atoms. The minimum Gasteiger partial charge on any atom is -0.289 e. The van der Waals surface area contributed by atoms with Crippen LogP contribution < -0.4 is 4.57 Å². The number of carbonyl (C=O) groups excluding carboxylic acids is 1. The van der Waals surface area contributed by atoms with Crippen molar-refractivity contribution in [1.82, 2.24) is 0 Å². The van der Waals surface area contributed by atoms with Gasteiger partial charge >= 0.3 is 0 Å². The van der Waals surface area contributed by atoms with E-state index in [0.29, 0.717) is 0 Å². The molecule has 0 amide bonds. The summed E-state index contributed by atoms with van der Waals surface area (Å²) in [5.41, 5.74) is 5.45. The van der Waals surface area contributed by atoms with E-state index in [1.165, 1.54) is 16.8 Å². The fourth-order valence-electron chi connectivity index (χ4n) is 4.46. The molecule has 0 bridgehead atoms. The van der Waals surface area contributed by atoms with Crippen LogP contribution >= 0.6 is 0 Å². The molecule has 1 aliphatic heterocycles. The fraction of sp³-hybridized carbons (Fsp3) is 0.280. The van der Waals surface area contributed by atoms with Crippen LogP contribution in [-0.4, -0.2) is 5.78 Å². The van der Waals surface area contributed by atoms with E-state index in [0.717, 1.165) is 36.8 Å². The number of aromatic nitrogens is 1. The lowest BCUT2D eigenvalue weighted by atomic mass is 9.86. The molecule has 0 saturated carbocycles. The molecule has 0 unspecified atom stereocenters. The summed E-state index contributed by atoms with van der Waals surface area (Å²) >= 11 is 0. The normalized spacial score (nSPS) is 14.7. The first-order valence-corrected chi connectivity index (χ1v) is 9.93. The molecule has 3 aromatic rings. The smallest absolute Gasteiger partial charge is 0.213 e. The lowest BCUT2D eigenvalue weighted by Crippen LogP contribution is -2.56. The van der Waals surface area contributed by atoms with Gasteiger partial charge in [0.1, 0.15) is 0 Å². The molecule has 0 aliphatic carbocycles. The van der Waals surface area contributed by atoms with Gasteiger partial charge in [-0.25, -0.2) is 0 Å². The van der Waals surface area contributed by atoms with Gasteiger partial charge in [0.25, 0.3) is 0 Å². The van der Waals surface area contributed by atoms with Crippen LogP contribution in [0.4, 0.5) is 0 Å². The van der Waals surface area contributed by atoms with E-state index in [1.54, 1.807) is 0 Å². The van der Waals surface area contributed by atoms with E-state index in [9.17, 15) is 4.79 Å². The third-order valence-corrected chi connectivity index (χ3v) is 6.23. The summed E-state index contributed by atoms with van der Waals surface area (Å²) in [6, 6.07) is 22.2. The molecular formula is C25H26NO+. The van der Waals surface area contributed by atoms with Gasteiger partial charge in [0.15, 0.2) is 17.5 Å². The van der Waals surface area contributed by atoms with Gasteiger partial charge in [0, 0.05) is 48.1 Å². The summed E-state index contributed by atoms with van der Waals surface area (Å²) in [6.07, 6.45) is 6.52. The van der Waals surface area contributed by atoms with Crippen molar-refractivity contribution in [2.24, 2.45) is 0 Å². The molecule has 136 valence electrons. The van der Waals surface area contributed by atoms with Crippen molar-refractivity contribution in [3.05, 3.63) is 89.6 Å². The maximum atomic E-state index is 12.9. The zero-order chi connectivity index (χ0) is 18.9. The Kier molecular flexibility index (Phi) is 4.65. The maximum absolute atomic E-state index is 12.9. The molecule has 1 aromatic heterocycles. The number of carbonyl (C=O) groups is 1. The van der Waals surface area contributed by atoms with E-state index in [1.807, 2.05) is 36.4 Å². The highest BCUT2D eigenvalue weighted by molar-refractivity contribution is 6.09. The van der Waals surface area contributed by atoms with Crippen molar-refractivity contribution in [2.45, 2.75) is 45.1 Å². The van der Waals surface area contributed by atoms with Crippen LogP contribution in [0.15, 0.2) is 72.9 Å². The lowest BCUT2D eigenvalue weighted by molar-refractivity contribution is -0.757. The van der Waals surface area contributed by atoms with Crippen molar-refractivity contribution in [2.75, 3.05) is 0 Å². The van der Waals surface area contributed by atoms with Crippen LogP contribution in [0.5, 0.6) is 0 Å². The average Bonchev–Trinajstić information content (AvgIpc) is 2.88. The second-order valence-electron chi connectivity index (χ2n) is 7.45. The van der Waals surface area contributed by atoms with E-state index in [-0.39, 0.29) is 11.3 Å². The Balaban J connectivity index is 1.82. The summed E-state index contributed by atoms with van der Waals surface area (Å²) in [6.45, 7) is 4.57. The minimum atomic E-state index is 0.0980. The number of aryl methyl sites for hydroxylation is 1. The first-order chi connectivity index (χ1) is 13.2. The van der Waals surface area contributed by atoms with Gasteiger partial charge in [-0.3, -0.25) is 4.79 Å². The molecule has 4 rings (SSSR count). The first kappa shape index (κ1) is 17.7. The molecule has 2 aromatic carbocycles. The molecule has 2 heteroatoms. The zero-order valence-electron chi connectivity index (χ0n) is 16.1. The van der Waals surface area contributed by atoms with Crippen molar-refractivity contribution >= 4 is 5.78 Å². The number of benzene rings is 2. The van der Waals surface area contributed by atoms with Crippen molar-refractivity contribution < 1.29 is 9.36 Å². The van der Waals surface area contributed by atoms with E-state index < -0.39 is 0 Å². The molecule has 2 heterocycles. The second kappa shape index (κ2) is 7.11. The molecule has 1 aliphatic rings. The predicted octanol–water partition coefficient (Wildman–Crippen LogP) is 5.33. The van der Waals surface area contributed by atoms with E-state index >= 15 is 0 Å². The van der Waals surface area contributed by atoms with Gasteiger partial charge in [0.05, 0.1) is 0 Å². The summed E-state index contributed by atoms with van der Waals surface area (Å²) < 4.78 is 2.47. The minimum absolute atomic E-state index is 0.0980. The van der Waals surface area contributed by atoms with Gasteiger partial charge < -0.3 is 0 Å². The number of ketones is 1. The molecule has 0 N–H and O–H groups in total. The Bertz CT molecular complexity index is 971. The van der Waals surface area contributed by atoms with Gasteiger partial charge in [-0.2, -0.15) is 4.57 Å². The Hall–Kier alpha value is -2.74. The predicted molar refractivity (Wildman–Crippen MR) is 109 cm³/mol. The maximum Gasteiger partial charge on any atom is 0.213 e. The monoisotopic (exact) mass is 356 g/mol. The Labute approximate surface area is 161 Å². The molecule has 0 spiro atoms. The van der Waals surface area contributed by atoms with Crippen LogP contribution in [0.3, 0.4) is 0 Å². The number of fused-ring (bicyclic) bond motifs is 3. The summed E-state index contributed by atoms with van der Waals surface area (Å²) in [7, 11) is 0. The van der Waals surface area contributed by atoms with E-state index in [2.05, 4.69) is 54.9 Å². The quantitative estimate of drug-likeness (QED) is 0.457. The SMILES string of the molecule is CCC1(CC)CCc2cc(C(=O)c3ccccc3)ccc2-c2cccc[n+]21. The van der Waals surface area contributed by atoms with Gasteiger partial charge in [-0.05, 0) is 30.2 Å². The van der Waals surface area contributed by atoms with Crippen molar-refractivity contribution in [1.29, 1.82) is 0 Å². The van der Waals surface area contributed by atoms with Gasteiger partial charge in [0.2, 0.25) is 5.69 Å². The largest absolute Gasteiger partial charge is 0.289 e. The second-order valence-corrected chi connectivity index (χ2v) is 7.45. The lowest BCUT2D eigenvalue weighted by Gasteiger charge is -2.26. The average molecular weight is 356 g/mol. The highest BCUT2D eigenvalue weighted by atomic mass is 16.1. The highest BCUT2D eigenvalue weighted by Crippen LogP contribution is 2.35. The third kappa shape index (κ3) is 2.99. The standard InChI is InChI=1S/C25H26NO/c1-3-25(4-2)16-15-20-18-21(24(27)19-10-6-5-7-11-19)13-14-22(20)23-12-8-9-17-26(23)25/h5-14,17-18H,3-4,15-16H2,1-2H3/q+1. The fourth-order valence-corrected chi connectivity index (χ4v) is 4.46. The Morgan fingerprint density at radius 1 is 0.926 bits per heavy atom. The van der Waals surface area contributed by atoms with E-state index in [4.69, 9.17) is 0 Å². The molecule has 2 nitrogen and oxygen atoms in total. The summed E-state index contributed by atoms with van der Waals surface area (Å²) in [5.74, 6) is 0.0980. The molecule has 0 atom stereocenters. The number of hydrogen-bond donors (Lipinski definition) is 0. The Morgan fingerprint density at radius 3 is 2.41 bits per heavy atom. The number of hydrogen-bond acceptors (Lipinski definition) is 1. The van der Waals surface area contributed by atoms with Crippen LogP contribution in [0.1, 0.15) is 54.6 Å². The zero-order valence-corrected chi connectivity index (χ0v) is 16.1. The van der Waals surface area contributed by atoms with Crippen LogP contribution in [0.25, 0.3) is 11.3 Å². The van der Waals surface area contributed by atoms with Crippen molar-refractivity contribution in [3.8, 4) is 11.3 Å². The third-order valence-electron chi connectivity index (χ3n) is 6.23. The highest BCUT2D eigenvalue weighted by Gasteiger charge is 2.40. The number of rotatable bonds is 4. The molecule has 0 saturated heterocycles. The number of nitrogens with zero attached hydrogens (tertiary/aromatic N) is 1. The number of pyridine rings is 1. The van der Waals surface area contributed by atoms with Gasteiger partial charge in [-0.1, -0.05) is 50.2 Å². The van der Waals surface area contributed by atoms with Crippen LogP contribution in [0, 0.1) is 0 Å². The van der Waals surface area contributed by atoms with Gasteiger partial charge in [-0.15, -0.1) is 0 Å².